The van der Waals surface area contributed by atoms with Crippen LogP contribution in [0.4, 0.5) is 0 Å². The second-order valence-electron chi connectivity index (χ2n) is 5.96. The fourth-order valence-corrected chi connectivity index (χ4v) is 3.70. The van der Waals surface area contributed by atoms with E-state index in [4.69, 9.17) is 0 Å². The molecule has 0 unspecified atom stereocenters. The van der Waals surface area contributed by atoms with Gasteiger partial charge in [-0.05, 0) is 61.3 Å². The van der Waals surface area contributed by atoms with Gasteiger partial charge in [-0.3, -0.25) is 5.11 Å². The molecule has 0 spiro atoms. The van der Waals surface area contributed by atoms with Crippen molar-refractivity contribution in [3.63, 3.8) is 0 Å². The van der Waals surface area contributed by atoms with Gasteiger partial charge in [0.2, 0.25) is 0 Å². The molecule has 23 heavy (non-hydrogen) atoms. The lowest BCUT2D eigenvalue weighted by atomic mass is 9.91. The van der Waals surface area contributed by atoms with Gasteiger partial charge in [0, 0.05) is 0 Å². The van der Waals surface area contributed by atoms with Gasteiger partial charge in [0.1, 0.15) is 0 Å². The molecule has 1 radical (unpaired) electrons. The van der Waals surface area contributed by atoms with Crippen molar-refractivity contribution in [2.24, 2.45) is 0 Å². The van der Waals surface area contributed by atoms with Crippen molar-refractivity contribution in [1.82, 2.24) is 0 Å². The van der Waals surface area contributed by atoms with Gasteiger partial charge in [0.25, 0.3) is 0 Å². The van der Waals surface area contributed by atoms with Crippen LogP contribution in [0.3, 0.4) is 0 Å². The topological polar surface area (TPSA) is 19.9 Å². The molecule has 0 fully saturated rings. The van der Waals surface area contributed by atoms with Crippen LogP contribution in [0.2, 0.25) is 0 Å². The standard InChI is InChI=1S/C22H13O/c23-15-10-12-20-21(13-15)18-8-4-3-7-17(18)19-11-9-14-5-1-2-6-16(14)22(19)20/h1-13H. The van der Waals surface area contributed by atoms with E-state index < -0.39 is 0 Å². The van der Waals surface area contributed by atoms with Crippen LogP contribution >= 0.6 is 0 Å². The Morgan fingerprint density at radius 2 is 1.09 bits per heavy atom. The molecule has 107 valence electrons. The molecule has 0 saturated heterocycles. The smallest absolute Gasteiger partial charge is 0.179 e. The summed E-state index contributed by atoms with van der Waals surface area (Å²) in [5.74, 6) is 0.0576. The molecule has 0 aromatic heterocycles. The molecule has 1 heteroatoms. The average Bonchev–Trinajstić information content (AvgIpc) is 2.61. The molecule has 0 heterocycles. The molecule has 0 aliphatic rings. The number of benzene rings is 5. The first-order chi connectivity index (χ1) is 11.3. The molecule has 5 aromatic carbocycles. The van der Waals surface area contributed by atoms with Gasteiger partial charge in [-0.2, -0.15) is 0 Å². The maximum absolute atomic E-state index is 11.9. The van der Waals surface area contributed by atoms with Crippen LogP contribution in [-0.2, 0) is 5.11 Å². The molecule has 5 aromatic rings. The Balaban J connectivity index is 2.22. The van der Waals surface area contributed by atoms with Crippen molar-refractivity contribution in [3.05, 3.63) is 78.9 Å². The lowest BCUT2D eigenvalue weighted by Crippen LogP contribution is -1.84. The number of fused-ring (bicyclic) bond motifs is 8. The van der Waals surface area contributed by atoms with Crippen molar-refractivity contribution in [2.45, 2.75) is 0 Å². The Kier molecular flexibility index (Phi) is 2.42. The van der Waals surface area contributed by atoms with E-state index in [0.717, 1.165) is 16.2 Å². The third-order valence-electron chi connectivity index (χ3n) is 4.70. The van der Waals surface area contributed by atoms with E-state index in [9.17, 15) is 5.11 Å². The van der Waals surface area contributed by atoms with E-state index in [1.807, 2.05) is 12.1 Å². The van der Waals surface area contributed by atoms with Crippen LogP contribution in [0.1, 0.15) is 0 Å². The third kappa shape index (κ3) is 1.68. The second-order valence-corrected chi connectivity index (χ2v) is 5.96. The van der Waals surface area contributed by atoms with Crippen molar-refractivity contribution in [3.8, 4) is 5.75 Å². The minimum absolute atomic E-state index is 0.0576. The monoisotopic (exact) mass is 293 g/mol. The Labute approximate surface area is 133 Å². The van der Waals surface area contributed by atoms with Crippen molar-refractivity contribution >= 4 is 43.1 Å². The van der Waals surface area contributed by atoms with Gasteiger partial charge in [-0.15, -0.1) is 0 Å². The van der Waals surface area contributed by atoms with Gasteiger partial charge in [-0.25, -0.2) is 0 Å². The van der Waals surface area contributed by atoms with Crippen molar-refractivity contribution < 1.29 is 5.11 Å². The molecule has 0 aliphatic carbocycles. The van der Waals surface area contributed by atoms with Crippen molar-refractivity contribution in [1.29, 1.82) is 0 Å². The first-order valence-electron chi connectivity index (χ1n) is 7.76. The maximum atomic E-state index is 11.9. The first-order valence-corrected chi connectivity index (χ1v) is 7.76. The van der Waals surface area contributed by atoms with E-state index in [1.54, 1.807) is 12.1 Å². The molecule has 0 amide bonds. The molecule has 1 nitrogen and oxygen atoms in total. The van der Waals surface area contributed by atoms with Crippen LogP contribution in [0.5, 0.6) is 5.75 Å². The molecule has 0 aliphatic heterocycles. The lowest BCUT2D eigenvalue weighted by molar-refractivity contribution is 0.355. The SMILES string of the molecule is [O]c1ccc2c(c1)c1ccccc1c1ccc3ccccc3c12. The Morgan fingerprint density at radius 3 is 1.91 bits per heavy atom. The number of hydrogen-bond acceptors (Lipinski definition) is 0. The summed E-state index contributed by atoms with van der Waals surface area (Å²) in [5, 5.41) is 21.4. The summed E-state index contributed by atoms with van der Waals surface area (Å²) in [6, 6.07) is 26.6. The summed E-state index contributed by atoms with van der Waals surface area (Å²) in [7, 11) is 0. The average molecular weight is 293 g/mol. The van der Waals surface area contributed by atoms with Gasteiger partial charge >= 0.3 is 0 Å². The molecular weight excluding hydrogens is 280 g/mol. The highest BCUT2D eigenvalue weighted by Crippen LogP contribution is 2.39. The largest absolute Gasteiger partial charge is 0.290 e. The van der Waals surface area contributed by atoms with Crippen molar-refractivity contribution in [2.75, 3.05) is 0 Å². The maximum Gasteiger partial charge on any atom is 0.179 e. The summed E-state index contributed by atoms with van der Waals surface area (Å²) < 4.78 is 0. The molecule has 5 rings (SSSR count). The molecular formula is C22H13O. The predicted octanol–water partition coefficient (Wildman–Crippen LogP) is 6.44. The highest BCUT2D eigenvalue weighted by atomic mass is 16.3. The van der Waals surface area contributed by atoms with E-state index >= 15 is 0 Å². The summed E-state index contributed by atoms with van der Waals surface area (Å²) in [4.78, 5) is 0. The zero-order valence-electron chi connectivity index (χ0n) is 12.4. The fraction of sp³-hybridized carbons (Fsp3) is 0. The fourth-order valence-electron chi connectivity index (χ4n) is 3.70. The zero-order valence-corrected chi connectivity index (χ0v) is 12.4. The van der Waals surface area contributed by atoms with Gasteiger partial charge in [0.15, 0.2) is 5.75 Å². The minimum Gasteiger partial charge on any atom is -0.290 e. The Hall–Kier alpha value is -3.06. The number of hydrogen-bond donors (Lipinski definition) is 0. The summed E-state index contributed by atoms with van der Waals surface area (Å²) in [6.45, 7) is 0. The first kappa shape index (κ1) is 12.5. The van der Waals surface area contributed by atoms with E-state index in [-0.39, 0.29) is 5.75 Å². The van der Waals surface area contributed by atoms with Crippen LogP contribution in [0.25, 0.3) is 43.1 Å². The molecule has 0 N–H and O–H groups in total. The lowest BCUT2D eigenvalue weighted by Gasteiger charge is -2.12. The normalized spacial score (nSPS) is 11.7. The highest BCUT2D eigenvalue weighted by Gasteiger charge is 2.11. The zero-order chi connectivity index (χ0) is 15.4. The van der Waals surface area contributed by atoms with E-state index in [0.29, 0.717) is 0 Å². The van der Waals surface area contributed by atoms with Crippen LogP contribution in [0.15, 0.2) is 78.9 Å². The summed E-state index contributed by atoms with van der Waals surface area (Å²) in [6.07, 6.45) is 0. The van der Waals surface area contributed by atoms with Gasteiger partial charge in [-0.1, -0.05) is 60.7 Å². The van der Waals surface area contributed by atoms with Crippen LogP contribution in [-0.4, -0.2) is 0 Å². The third-order valence-corrected chi connectivity index (χ3v) is 4.70. The summed E-state index contributed by atoms with van der Waals surface area (Å²) >= 11 is 0. The Bertz CT molecular complexity index is 1220. The van der Waals surface area contributed by atoms with E-state index in [1.165, 1.54) is 26.9 Å². The number of rotatable bonds is 0. The molecule has 0 atom stereocenters. The Morgan fingerprint density at radius 1 is 0.478 bits per heavy atom. The molecule has 0 bridgehead atoms. The second kappa shape index (κ2) is 4.47. The molecule has 0 saturated carbocycles. The quantitative estimate of drug-likeness (QED) is 0.293. The minimum atomic E-state index is 0.0576. The highest BCUT2D eigenvalue weighted by molar-refractivity contribution is 6.31. The van der Waals surface area contributed by atoms with Crippen LogP contribution < -0.4 is 0 Å². The summed E-state index contributed by atoms with van der Waals surface area (Å²) in [5.41, 5.74) is 0. The van der Waals surface area contributed by atoms with Crippen LogP contribution in [0, 0.1) is 0 Å². The van der Waals surface area contributed by atoms with Gasteiger partial charge < -0.3 is 0 Å². The van der Waals surface area contributed by atoms with E-state index in [2.05, 4.69) is 54.6 Å². The van der Waals surface area contributed by atoms with Gasteiger partial charge in [0.05, 0.1) is 0 Å². The predicted molar refractivity (Wildman–Crippen MR) is 96.6 cm³/mol.